The van der Waals surface area contributed by atoms with Crippen LogP contribution in [0.1, 0.15) is 49.8 Å². The number of pyridine rings is 1. The first kappa shape index (κ1) is 23.9. The number of amidine groups is 1. The lowest BCUT2D eigenvalue weighted by atomic mass is 10.0. The molecular formula is C27H35N6+. The molecule has 1 heterocycles. The average molecular weight is 444 g/mol. The van der Waals surface area contributed by atoms with Crippen LogP contribution in [-0.2, 0) is 13.0 Å². The number of allylic oxidation sites excluding steroid dienone is 1. The van der Waals surface area contributed by atoms with Crippen LogP contribution in [0.4, 0.5) is 5.69 Å². The molecule has 0 bridgehead atoms. The molecule has 2 aromatic carbocycles. The minimum Gasteiger partial charge on any atom is -0.383 e. The van der Waals surface area contributed by atoms with Gasteiger partial charge in [0, 0.05) is 41.3 Å². The van der Waals surface area contributed by atoms with Crippen LogP contribution in [-0.4, -0.2) is 5.84 Å². The van der Waals surface area contributed by atoms with Crippen molar-refractivity contribution in [2.24, 2.45) is 16.7 Å². The topological polar surface area (TPSA) is 103 Å². The van der Waals surface area contributed by atoms with Gasteiger partial charge in [-0.25, -0.2) is 4.98 Å². The summed E-state index contributed by atoms with van der Waals surface area (Å²) >= 11 is 0. The Hall–Kier alpha value is -3.80. The SMILES string of the molecule is CCCC/C(=C/Nc1ccccc1CC)NCc1ccc(-c2ccccc2/C(N)=N/N)[nH+]c1. The zero-order valence-electron chi connectivity index (χ0n) is 19.6. The summed E-state index contributed by atoms with van der Waals surface area (Å²) in [5.41, 5.74) is 13.5. The van der Waals surface area contributed by atoms with E-state index in [0.29, 0.717) is 5.84 Å². The zero-order chi connectivity index (χ0) is 23.5. The largest absolute Gasteiger partial charge is 0.383 e. The number of H-pyrrole nitrogens is 1. The molecule has 6 nitrogen and oxygen atoms in total. The molecule has 0 aliphatic rings. The number of aromatic nitrogens is 1. The molecule has 0 radical (unpaired) electrons. The average Bonchev–Trinajstić information content (AvgIpc) is 2.88. The van der Waals surface area contributed by atoms with Crippen molar-refractivity contribution >= 4 is 11.5 Å². The first-order valence-corrected chi connectivity index (χ1v) is 11.6. The molecular weight excluding hydrogens is 408 g/mol. The van der Waals surface area contributed by atoms with E-state index in [0.717, 1.165) is 60.3 Å². The number of rotatable bonds is 11. The summed E-state index contributed by atoms with van der Waals surface area (Å²) in [6.45, 7) is 5.12. The predicted octanol–water partition coefficient (Wildman–Crippen LogP) is 4.54. The van der Waals surface area contributed by atoms with E-state index in [2.05, 4.69) is 77.2 Å². The van der Waals surface area contributed by atoms with Gasteiger partial charge >= 0.3 is 0 Å². The summed E-state index contributed by atoms with van der Waals surface area (Å²) in [5, 5.41) is 10.7. The third kappa shape index (κ3) is 6.59. The Morgan fingerprint density at radius 1 is 1.03 bits per heavy atom. The molecule has 0 atom stereocenters. The van der Waals surface area contributed by atoms with E-state index >= 15 is 0 Å². The minimum atomic E-state index is 0.313. The summed E-state index contributed by atoms with van der Waals surface area (Å²) in [5.74, 6) is 5.70. The molecule has 172 valence electrons. The third-order valence-corrected chi connectivity index (χ3v) is 5.63. The Morgan fingerprint density at radius 3 is 2.55 bits per heavy atom. The van der Waals surface area contributed by atoms with Crippen molar-refractivity contribution in [3.8, 4) is 11.3 Å². The minimum absolute atomic E-state index is 0.313. The van der Waals surface area contributed by atoms with E-state index in [9.17, 15) is 0 Å². The number of hydrogen-bond donors (Lipinski definition) is 4. The Bertz CT molecular complexity index is 1090. The van der Waals surface area contributed by atoms with Crippen molar-refractivity contribution in [2.45, 2.75) is 46.1 Å². The van der Waals surface area contributed by atoms with Crippen molar-refractivity contribution in [3.63, 3.8) is 0 Å². The monoisotopic (exact) mass is 443 g/mol. The highest BCUT2D eigenvalue weighted by atomic mass is 15.2. The zero-order valence-corrected chi connectivity index (χ0v) is 19.6. The highest BCUT2D eigenvalue weighted by molar-refractivity contribution is 6.02. The molecule has 0 amide bonds. The molecule has 3 aromatic rings. The normalized spacial score (nSPS) is 11.9. The van der Waals surface area contributed by atoms with Gasteiger partial charge in [-0.05, 0) is 43.0 Å². The molecule has 0 saturated heterocycles. The quantitative estimate of drug-likeness (QED) is 0.151. The number of hydrogen-bond acceptors (Lipinski definition) is 4. The van der Waals surface area contributed by atoms with Crippen molar-refractivity contribution in [1.29, 1.82) is 0 Å². The van der Waals surface area contributed by atoms with Crippen LogP contribution >= 0.6 is 0 Å². The second-order valence-electron chi connectivity index (χ2n) is 7.95. The summed E-state index contributed by atoms with van der Waals surface area (Å²) in [7, 11) is 0. The van der Waals surface area contributed by atoms with Crippen LogP contribution in [0.2, 0.25) is 0 Å². The number of nitrogens with zero attached hydrogens (tertiary/aromatic N) is 1. The second kappa shape index (κ2) is 12.3. The molecule has 0 aliphatic carbocycles. The van der Waals surface area contributed by atoms with E-state index in [1.165, 1.54) is 11.3 Å². The molecule has 6 heteroatoms. The number of para-hydroxylation sites is 1. The summed E-state index contributed by atoms with van der Waals surface area (Å²) in [6, 6.07) is 20.4. The molecule has 0 aliphatic heterocycles. The van der Waals surface area contributed by atoms with Crippen LogP contribution in [0, 0.1) is 0 Å². The van der Waals surface area contributed by atoms with Gasteiger partial charge in [0.25, 0.3) is 0 Å². The predicted molar refractivity (Wildman–Crippen MR) is 137 cm³/mol. The summed E-state index contributed by atoms with van der Waals surface area (Å²) in [4.78, 5) is 3.39. The van der Waals surface area contributed by atoms with Gasteiger partial charge in [-0.2, -0.15) is 5.10 Å². The first-order valence-electron chi connectivity index (χ1n) is 11.6. The van der Waals surface area contributed by atoms with E-state index in [-0.39, 0.29) is 0 Å². The third-order valence-electron chi connectivity index (χ3n) is 5.63. The van der Waals surface area contributed by atoms with Gasteiger partial charge in [-0.1, -0.05) is 56.7 Å². The highest BCUT2D eigenvalue weighted by Crippen LogP contribution is 2.20. The number of hydrazone groups is 1. The van der Waals surface area contributed by atoms with E-state index < -0.39 is 0 Å². The van der Waals surface area contributed by atoms with Gasteiger partial charge in [0.05, 0.1) is 5.56 Å². The fourth-order valence-corrected chi connectivity index (χ4v) is 3.67. The van der Waals surface area contributed by atoms with Gasteiger partial charge in [0.15, 0.2) is 12.0 Å². The van der Waals surface area contributed by atoms with Gasteiger partial charge in [0.1, 0.15) is 0 Å². The summed E-state index contributed by atoms with van der Waals surface area (Å²) in [6.07, 6.45) is 8.43. The Labute approximate surface area is 196 Å². The number of anilines is 1. The maximum Gasteiger partial charge on any atom is 0.211 e. The highest BCUT2D eigenvalue weighted by Gasteiger charge is 2.13. The molecule has 7 N–H and O–H groups in total. The van der Waals surface area contributed by atoms with Crippen molar-refractivity contribution in [2.75, 3.05) is 5.32 Å². The Morgan fingerprint density at radius 2 is 1.82 bits per heavy atom. The number of aryl methyl sites for hydroxylation is 1. The lowest BCUT2D eigenvalue weighted by Crippen LogP contribution is -2.19. The molecule has 3 rings (SSSR count). The fraction of sp³-hybridized carbons (Fsp3) is 0.259. The smallest absolute Gasteiger partial charge is 0.211 e. The van der Waals surface area contributed by atoms with Crippen LogP contribution < -0.4 is 27.2 Å². The number of nitrogens with one attached hydrogen (secondary N) is 3. The van der Waals surface area contributed by atoms with Crippen molar-refractivity contribution in [3.05, 3.63) is 95.4 Å². The van der Waals surface area contributed by atoms with Crippen molar-refractivity contribution < 1.29 is 4.98 Å². The molecule has 33 heavy (non-hydrogen) atoms. The molecule has 0 spiro atoms. The molecule has 0 fully saturated rings. The van der Waals surface area contributed by atoms with Gasteiger partial charge in [0.2, 0.25) is 5.69 Å². The van der Waals surface area contributed by atoms with Crippen LogP contribution in [0.5, 0.6) is 0 Å². The molecule has 0 saturated carbocycles. The Balaban J connectivity index is 1.70. The van der Waals surface area contributed by atoms with E-state index in [1.807, 2.05) is 30.5 Å². The maximum absolute atomic E-state index is 5.96. The van der Waals surface area contributed by atoms with Crippen LogP contribution in [0.15, 0.2) is 83.9 Å². The second-order valence-corrected chi connectivity index (χ2v) is 7.95. The standard InChI is InChI=1S/C27H34N6/c1-3-5-11-22(19-32-25-14-9-6-10-21(25)4-2)30-17-20-15-16-26(31-18-20)23-12-7-8-13-24(23)27(28)33-29/h6-10,12-16,18-19,30,32H,3-5,11,17,29H2,1-2H3,(H2,28,33)/p+1/b22-19-. The van der Waals surface area contributed by atoms with Crippen molar-refractivity contribution in [1.82, 2.24) is 5.32 Å². The fourth-order valence-electron chi connectivity index (χ4n) is 3.67. The molecule has 0 unspecified atom stereocenters. The number of aromatic amines is 1. The van der Waals surface area contributed by atoms with Crippen LogP contribution in [0.3, 0.4) is 0 Å². The number of nitrogens with two attached hydrogens (primary N) is 2. The lowest BCUT2D eigenvalue weighted by molar-refractivity contribution is -0.365. The Kier molecular flexibility index (Phi) is 8.88. The van der Waals surface area contributed by atoms with Crippen LogP contribution in [0.25, 0.3) is 11.3 Å². The number of unbranched alkanes of at least 4 members (excludes halogenated alkanes) is 1. The van der Waals surface area contributed by atoms with Gasteiger partial charge in [-0.3, -0.25) is 0 Å². The lowest BCUT2D eigenvalue weighted by Gasteiger charge is -2.13. The maximum atomic E-state index is 5.96. The summed E-state index contributed by atoms with van der Waals surface area (Å²) < 4.78 is 0. The van der Waals surface area contributed by atoms with E-state index in [4.69, 9.17) is 11.6 Å². The molecule has 1 aromatic heterocycles. The number of benzene rings is 2. The first-order chi connectivity index (χ1) is 16.2. The van der Waals surface area contributed by atoms with E-state index in [1.54, 1.807) is 0 Å². The van der Waals surface area contributed by atoms with Gasteiger partial charge in [-0.15, -0.1) is 0 Å². The van der Waals surface area contributed by atoms with Gasteiger partial charge < -0.3 is 22.2 Å².